The smallest absolute Gasteiger partial charge is 0.410 e. The number of esters is 1. The Bertz CT molecular complexity index is 671. The lowest BCUT2D eigenvalue weighted by molar-refractivity contribution is -0.227. The topological polar surface area (TPSA) is 91.4 Å². The highest BCUT2D eigenvalue weighted by Crippen LogP contribution is 2.57. The number of fused-ring (bicyclic) bond motifs is 1. The molecule has 1 aliphatic heterocycles. The average Bonchev–Trinajstić information content (AvgIpc) is 3.12. The summed E-state index contributed by atoms with van der Waals surface area (Å²) in [7, 11) is 1.32. The average molecular weight is 426 g/mol. The standard InChI is InChI=1S/C22H35NO7/c1-6-23(19(26)30-20(2,3)4)14-21-9-8-16(24)17(18(25)27-5)15(21)7-10-22(13-21)28-11-12-29-22/h15,17H,6-14H2,1-5H3/t15-,17-,21+/m1/s1. The minimum Gasteiger partial charge on any atom is -0.468 e. The molecule has 0 radical (unpaired) electrons. The number of rotatable bonds is 4. The van der Waals surface area contributed by atoms with Gasteiger partial charge in [-0.05, 0) is 51.9 Å². The lowest BCUT2D eigenvalue weighted by atomic mass is 9.54. The third-order valence-corrected chi connectivity index (χ3v) is 6.67. The number of hydrogen-bond acceptors (Lipinski definition) is 7. The van der Waals surface area contributed by atoms with Gasteiger partial charge in [0.25, 0.3) is 0 Å². The summed E-state index contributed by atoms with van der Waals surface area (Å²) in [5.74, 6) is -2.29. The van der Waals surface area contributed by atoms with E-state index in [0.717, 1.165) is 0 Å². The van der Waals surface area contributed by atoms with Gasteiger partial charge < -0.3 is 23.8 Å². The first kappa shape index (κ1) is 23.0. The Labute approximate surface area is 178 Å². The van der Waals surface area contributed by atoms with Gasteiger partial charge in [-0.25, -0.2) is 4.79 Å². The molecule has 0 unspecified atom stereocenters. The highest BCUT2D eigenvalue weighted by molar-refractivity contribution is 6.00. The number of Topliss-reactive ketones (excluding diaryl/α,β-unsaturated/α-hetero) is 1. The predicted molar refractivity (Wildman–Crippen MR) is 108 cm³/mol. The molecule has 3 rings (SSSR count). The second-order valence-electron chi connectivity index (χ2n) is 9.75. The number of carbonyl (C=O) groups is 3. The van der Waals surface area contributed by atoms with Crippen molar-refractivity contribution < 1.29 is 33.3 Å². The number of nitrogens with zero attached hydrogens (tertiary/aromatic N) is 1. The summed E-state index contributed by atoms with van der Waals surface area (Å²) in [6.45, 7) is 9.33. The molecule has 3 atom stereocenters. The van der Waals surface area contributed by atoms with Crippen molar-refractivity contribution in [1.29, 1.82) is 0 Å². The summed E-state index contributed by atoms with van der Waals surface area (Å²) in [6.07, 6.45) is 2.24. The van der Waals surface area contributed by atoms with E-state index in [1.807, 2.05) is 27.7 Å². The molecular weight excluding hydrogens is 390 g/mol. The van der Waals surface area contributed by atoms with E-state index >= 15 is 0 Å². The maximum Gasteiger partial charge on any atom is 0.410 e. The molecule has 0 N–H and O–H groups in total. The Balaban J connectivity index is 1.93. The molecule has 1 heterocycles. The van der Waals surface area contributed by atoms with Crippen LogP contribution < -0.4 is 0 Å². The molecule has 0 bridgehead atoms. The maximum absolute atomic E-state index is 12.9. The van der Waals surface area contributed by atoms with Gasteiger partial charge in [0.15, 0.2) is 5.79 Å². The lowest BCUT2D eigenvalue weighted by Gasteiger charge is -2.55. The van der Waals surface area contributed by atoms with Gasteiger partial charge in [0.05, 0.1) is 20.3 Å². The molecule has 2 saturated carbocycles. The van der Waals surface area contributed by atoms with Crippen molar-refractivity contribution in [2.24, 2.45) is 17.3 Å². The van der Waals surface area contributed by atoms with E-state index in [1.54, 1.807) is 4.90 Å². The molecule has 170 valence electrons. The number of methoxy groups -OCH3 is 1. The summed E-state index contributed by atoms with van der Waals surface area (Å²) in [4.78, 5) is 39.8. The zero-order valence-corrected chi connectivity index (χ0v) is 18.8. The zero-order valence-electron chi connectivity index (χ0n) is 18.8. The van der Waals surface area contributed by atoms with E-state index in [2.05, 4.69) is 0 Å². The van der Waals surface area contributed by atoms with Crippen molar-refractivity contribution in [3.05, 3.63) is 0 Å². The predicted octanol–water partition coefficient (Wildman–Crippen LogP) is 2.93. The Hall–Kier alpha value is -1.67. The SMILES string of the molecule is CCN(C[C@@]12CCC(=O)[C@H](C(=O)OC)[C@H]1CCC1(C2)OCCO1)C(=O)OC(C)(C)C. The van der Waals surface area contributed by atoms with E-state index in [1.165, 1.54) is 7.11 Å². The highest BCUT2D eigenvalue weighted by Gasteiger charge is 2.60. The highest BCUT2D eigenvalue weighted by atomic mass is 16.7. The molecule has 3 aliphatic rings. The second kappa shape index (κ2) is 8.46. The monoisotopic (exact) mass is 425 g/mol. The van der Waals surface area contributed by atoms with Crippen molar-refractivity contribution in [3.8, 4) is 0 Å². The number of hydrogen-bond donors (Lipinski definition) is 0. The molecule has 1 saturated heterocycles. The van der Waals surface area contributed by atoms with Crippen molar-refractivity contribution in [1.82, 2.24) is 4.90 Å². The van der Waals surface area contributed by atoms with Gasteiger partial charge >= 0.3 is 12.1 Å². The first-order chi connectivity index (χ1) is 14.0. The van der Waals surface area contributed by atoms with Crippen LogP contribution in [-0.2, 0) is 28.5 Å². The van der Waals surface area contributed by atoms with Crippen molar-refractivity contribution in [3.63, 3.8) is 0 Å². The number of carbonyl (C=O) groups excluding carboxylic acids is 3. The van der Waals surface area contributed by atoms with Crippen LogP contribution in [0.4, 0.5) is 4.79 Å². The first-order valence-corrected chi connectivity index (χ1v) is 10.9. The van der Waals surface area contributed by atoms with Gasteiger partial charge in [-0.3, -0.25) is 9.59 Å². The Kier molecular flexibility index (Phi) is 6.49. The molecule has 2 aliphatic carbocycles. The van der Waals surface area contributed by atoms with E-state index in [-0.39, 0.29) is 18.1 Å². The third kappa shape index (κ3) is 4.49. The lowest BCUT2D eigenvalue weighted by Crippen LogP contribution is -2.59. The van der Waals surface area contributed by atoms with Crippen molar-refractivity contribution in [2.75, 3.05) is 33.4 Å². The minimum atomic E-state index is -0.806. The van der Waals surface area contributed by atoms with E-state index < -0.39 is 34.8 Å². The third-order valence-electron chi connectivity index (χ3n) is 6.67. The summed E-state index contributed by atoms with van der Waals surface area (Å²) in [5.41, 5.74) is -1.09. The van der Waals surface area contributed by atoms with Crippen LogP contribution in [0.15, 0.2) is 0 Å². The first-order valence-electron chi connectivity index (χ1n) is 10.9. The van der Waals surface area contributed by atoms with Crippen LogP contribution in [0.2, 0.25) is 0 Å². The maximum atomic E-state index is 12.9. The summed E-state index contributed by atoms with van der Waals surface area (Å²) in [5, 5.41) is 0. The van der Waals surface area contributed by atoms with Crippen LogP contribution in [0, 0.1) is 17.3 Å². The van der Waals surface area contributed by atoms with Crippen LogP contribution in [-0.4, -0.2) is 67.5 Å². The van der Waals surface area contributed by atoms with Crippen LogP contribution >= 0.6 is 0 Å². The van der Waals surface area contributed by atoms with Gasteiger partial charge in [-0.15, -0.1) is 0 Å². The van der Waals surface area contributed by atoms with Gasteiger partial charge in [0.2, 0.25) is 0 Å². The zero-order chi connectivity index (χ0) is 22.2. The molecular formula is C22H35NO7. The minimum absolute atomic E-state index is 0.0769. The Morgan fingerprint density at radius 1 is 1.20 bits per heavy atom. The van der Waals surface area contributed by atoms with Crippen LogP contribution in [0.5, 0.6) is 0 Å². The Morgan fingerprint density at radius 3 is 2.43 bits per heavy atom. The summed E-state index contributed by atoms with van der Waals surface area (Å²) >= 11 is 0. The van der Waals surface area contributed by atoms with Crippen LogP contribution in [0.25, 0.3) is 0 Å². The molecule has 8 heteroatoms. The van der Waals surface area contributed by atoms with Gasteiger partial charge in [0, 0.05) is 32.4 Å². The summed E-state index contributed by atoms with van der Waals surface area (Å²) < 4.78 is 22.6. The van der Waals surface area contributed by atoms with Crippen LogP contribution in [0.3, 0.4) is 0 Å². The molecule has 0 aromatic carbocycles. The van der Waals surface area contributed by atoms with Gasteiger partial charge in [-0.1, -0.05) is 0 Å². The molecule has 8 nitrogen and oxygen atoms in total. The molecule has 3 fully saturated rings. The van der Waals surface area contributed by atoms with Crippen molar-refractivity contribution >= 4 is 17.8 Å². The largest absolute Gasteiger partial charge is 0.468 e. The molecule has 1 spiro atoms. The van der Waals surface area contributed by atoms with Crippen LogP contribution in [0.1, 0.15) is 59.8 Å². The van der Waals surface area contributed by atoms with Gasteiger partial charge in [-0.2, -0.15) is 0 Å². The Morgan fingerprint density at radius 2 is 1.87 bits per heavy atom. The van der Waals surface area contributed by atoms with E-state index in [4.69, 9.17) is 18.9 Å². The van der Waals surface area contributed by atoms with E-state index in [0.29, 0.717) is 52.0 Å². The molecule has 0 aromatic rings. The van der Waals surface area contributed by atoms with Gasteiger partial charge in [0.1, 0.15) is 17.3 Å². The number of ketones is 1. The number of ether oxygens (including phenoxy) is 4. The molecule has 1 amide bonds. The summed E-state index contributed by atoms with van der Waals surface area (Å²) in [6, 6.07) is 0. The normalized spacial score (nSPS) is 30.6. The fraction of sp³-hybridized carbons (Fsp3) is 0.864. The molecule has 0 aromatic heterocycles. The second-order valence-corrected chi connectivity index (χ2v) is 9.75. The molecule has 30 heavy (non-hydrogen) atoms. The van der Waals surface area contributed by atoms with E-state index in [9.17, 15) is 14.4 Å². The quantitative estimate of drug-likeness (QED) is 0.505. The van der Waals surface area contributed by atoms with Crippen molar-refractivity contribution in [2.45, 2.75) is 71.2 Å². The number of amides is 1. The fourth-order valence-electron chi connectivity index (χ4n) is 5.41. The fourth-order valence-corrected chi connectivity index (χ4v) is 5.41.